The van der Waals surface area contributed by atoms with E-state index < -0.39 is 16.0 Å². The number of carboxylic acids is 1. The highest BCUT2D eigenvalue weighted by molar-refractivity contribution is 7.89. The van der Waals surface area contributed by atoms with Gasteiger partial charge in [0.25, 0.3) is 0 Å². The van der Waals surface area contributed by atoms with Crippen molar-refractivity contribution in [1.82, 2.24) is 0 Å². The van der Waals surface area contributed by atoms with Crippen LogP contribution in [0.1, 0.15) is 10.4 Å². The molecular weight excluding hydrogens is 316 g/mol. The maximum Gasteiger partial charge on any atom is 0.337 e. The average molecular weight is 327 g/mol. The fourth-order valence-corrected chi connectivity index (χ4v) is 2.34. The van der Waals surface area contributed by atoms with E-state index in [0.29, 0.717) is 10.7 Å². The zero-order chi connectivity index (χ0) is 15.6. The molecule has 8 heteroatoms. The number of hydrogen-bond acceptors (Lipinski definition) is 4. The molecule has 21 heavy (non-hydrogen) atoms. The van der Waals surface area contributed by atoms with E-state index in [1.54, 1.807) is 24.3 Å². The van der Waals surface area contributed by atoms with Crippen molar-refractivity contribution in [3.63, 3.8) is 0 Å². The number of nitrogens with two attached hydrogens (primary N) is 1. The predicted octanol–water partition coefficient (Wildman–Crippen LogP) is 2.43. The van der Waals surface area contributed by atoms with Gasteiger partial charge in [-0.15, -0.1) is 0 Å². The third-order valence-corrected chi connectivity index (χ3v) is 3.84. The highest BCUT2D eigenvalue weighted by Gasteiger charge is 2.16. The molecule has 0 aliphatic rings. The second-order valence-corrected chi connectivity index (χ2v) is 6.19. The highest BCUT2D eigenvalue weighted by atomic mass is 35.5. The van der Waals surface area contributed by atoms with Crippen LogP contribution in [0.15, 0.2) is 47.4 Å². The second kappa shape index (κ2) is 5.72. The fourth-order valence-electron chi connectivity index (χ4n) is 1.68. The minimum atomic E-state index is -3.96. The van der Waals surface area contributed by atoms with Crippen LogP contribution in [0.4, 0.5) is 11.4 Å². The summed E-state index contributed by atoms with van der Waals surface area (Å²) >= 11 is 5.76. The van der Waals surface area contributed by atoms with Gasteiger partial charge >= 0.3 is 5.97 Å². The molecule has 0 aliphatic heterocycles. The first-order chi connectivity index (χ1) is 9.77. The molecule has 0 fully saturated rings. The summed E-state index contributed by atoms with van der Waals surface area (Å²) in [5.41, 5.74) is 0.666. The molecule has 0 aliphatic carbocycles. The van der Waals surface area contributed by atoms with Crippen LogP contribution in [-0.4, -0.2) is 19.5 Å². The first-order valence-corrected chi connectivity index (χ1v) is 7.62. The molecule has 0 saturated carbocycles. The van der Waals surface area contributed by atoms with Crippen molar-refractivity contribution in [3.05, 3.63) is 53.1 Å². The SMILES string of the molecule is NS(=O)(=O)c1ccc(Nc2ccc(Cl)cc2)c(C(=O)O)c1. The number of benzene rings is 2. The molecule has 0 radical (unpaired) electrons. The second-order valence-electron chi connectivity index (χ2n) is 4.19. The topological polar surface area (TPSA) is 109 Å². The van der Waals surface area contributed by atoms with E-state index in [9.17, 15) is 18.3 Å². The Bertz CT molecular complexity index is 788. The molecule has 6 nitrogen and oxygen atoms in total. The van der Waals surface area contributed by atoms with Crippen LogP contribution in [0.3, 0.4) is 0 Å². The molecule has 0 heterocycles. The summed E-state index contributed by atoms with van der Waals surface area (Å²) in [7, 11) is -3.96. The molecule has 0 spiro atoms. The van der Waals surface area contributed by atoms with Crippen molar-refractivity contribution >= 4 is 39.0 Å². The molecule has 110 valence electrons. The van der Waals surface area contributed by atoms with Crippen molar-refractivity contribution in [2.75, 3.05) is 5.32 Å². The van der Waals surface area contributed by atoms with Gasteiger partial charge in [0.05, 0.1) is 16.1 Å². The zero-order valence-electron chi connectivity index (χ0n) is 10.6. The maximum absolute atomic E-state index is 11.3. The Balaban J connectivity index is 2.44. The van der Waals surface area contributed by atoms with E-state index >= 15 is 0 Å². The van der Waals surface area contributed by atoms with Gasteiger partial charge in [-0.3, -0.25) is 0 Å². The van der Waals surface area contributed by atoms with Crippen molar-refractivity contribution in [3.8, 4) is 0 Å². The number of rotatable bonds is 4. The van der Waals surface area contributed by atoms with E-state index in [2.05, 4.69) is 5.32 Å². The summed E-state index contributed by atoms with van der Waals surface area (Å²) in [4.78, 5) is 11.0. The average Bonchev–Trinajstić information content (AvgIpc) is 2.40. The molecule has 4 N–H and O–H groups in total. The number of sulfonamides is 1. The number of aromatic carboxylic acids is 1. The third kappa shape index (κ3) is 3.72. The number of carbonyl (C=O) groups is 1. The fraction of sp³-hybridized carbons (Fsp3) is 0. The van der Waals surface area contributed by atoms with E-state index in [1.807, 2.05) is 0 Å². The van der Waals surface area contributed by atoms with Crippen LogP contribution in [-0.2, 0) is 10.0 Å². The minimum Gasteiger partial charge on any atom is -0.478 e. The van der Waals surface area contributed by atoms with E-state index in [1.165, 1.54) is 12.1 Å². The quantitative estimate of drug-likeness (QED) is 0.799. The van der Waals surface area contributed by atoms with Gasteiger partial charge in [-0.25, -0.2) is 18.4 Å². The Morgan fingerprint density at radius 1 is 1.14 bits per heavy atom. The normalized spacial score (nSPS) is 11.1. The number of primary sulfonamides is 1. The van der Waals surface area contributed by atoms with Crippen LogP contribution >= 0.6 is 11.6 Å². The smallest absolute Gasteiger partial charge is 0.337 e. The number of hydrogen-bond donors (Lipinski definition) is 3. The van der Waals surface area contributed by atoms with Crippen molar-refractivity contribution in [2.45, 2.75) is 4.90 Å². The lowest BCUT2D eigenvalue weighted by atomic mass is 10.1. The van der Waals surface area contributed by atoms with E-state index in [0.717, 1.165) is 6.07 Å². The van der Waals surface area contributed by atoms with Crippen LogP contribution in [0, 0.1) is 0 Å². The van der Waals surface area contributed by atoms with E-state index in [-0.39, 0.29) is 16.1 Å². The summed E-state index contributed by atoms with van der Waals surface area (Å²) in [5, 5.41) is 17.6. The largest absolute Gasteiger partial charge is 0.478 e. The predicted molar refractivity (Wildman–Crippen MR) is 79.5 cm³/mol. The lowest BCUT2D eigenvalue weighted by Crippen LogP contribution is -2.13. The Morgan fingerprint density at radius 2 is 1.76 bits per heavy atom. The van der Waals surface area contributed by atoms with Crippen LogP contribution in [0.5, 0.6) is 0 Å². The number of halogens is 1. The first kappa shape index (κ1) is 15.3. The number of nitrogens with one attached hydrogen (secondary N) is 1. The molecule has 2 rings (SSSR count). The van der Waals surface area contributed by atoms with Gasteiger partial charge in [0.2, 0.25) is 10.0 Å². The van der Waals surface area contributed by atoms with Gasteiger partial charge in [0.15, 0.2) is 0 Å². The van der Waals surface area contributed by atoms with Crippen molar-refractivity contribution in [2.24, 2.45) is 5.14 Å². The van der Waals surface area contributed by atoms with Crippen molar-refractivity contribution in [1.29, 1.82) is 0 Å². The molecule has 0 bridgehead atoms. The van der Waals surface area contributed by atoms with Crippen molar-refractivity contribution < 1.29 is 18.3 Å². The van der Waals surface area contributed by atoms with Gasteiger partial charge in [-0.05, 0) is 42.5 Å². The molecule has 2 aromatic rings. The Kier molecular flexibility index (Phi) is 4.17. The van der Waals surface area contributed by atoms with Gasteiger partial charge in [-0.2, -0.15) is 0 Å². The standard InChI is InChI=1S/C13H11ClN2O4S/c14-8-1-3-9(4-2-8)16-12-6-5-10(21(15,19)20)7-11(12)13(17)18/h1-7,16H,(H,17,18)(H2,15,19,20). The first-order valence-electron chi connectivity index (χ1n) is 5.70. The van der Waals surface area contributed by atoms with Crippen LogP contribution < -0.4 is 10.5 Å². The van der Waals surface area contributed by atoms with Gasteiger partial charge < -0.3 is 10.4 Å². The highest BCUT2D eigenvalue weighted by Crippen LogP contribution is 2.24. The monoisotopic (exact) mass is 326 g/mol. The third-order valence-electron chi connectivity index (χ3n) is 2.67. The maximum atomic E-state index is 11.3. The van der Waals surface area contributed by atoms with Gasteiger partial charge in [0, 0.05) is 10.7 Å². The number of carboxylic acid groups (broad SMARTS) is 1. The van der Waals surface area contributed by atoms with Gasteiger partial charge in [-0.1, -0.05) is 11.6 Å². The lowest BCUT2D eigenvalue weighted by Gasteiger charge is -2.11. The van der Waals surface area contributed by atoms with Gasteiger partial charge in [0.1, 0.15) is 0 Å². The van der Waals surface area contributed by atoms with Crippen LogP contribution in [0.25, 0.3) is 0 Å². The Hall–Kier alpha value is -2.09. The summed E-state index contributed by atoms with van der Waals surface area (Å²) in [6.07, 6.45) is 0. The molecule has 0 aromatic heterocycles. The molecule has 0 atom stereocenters. The molecular formula is C13H11ClN2O4S. The molecule has 0 amide bonds. The summed E-state index contributed by atoms with van der Waals surface area (Å²) < 4.78 is 22.5. The minimum absolute atomic E-state index is 0.198. The lowest BCUT2D eigenvalue weighted by molar-refractivity contribution is 0.0697. The van der Waals surface area contributed by atoms with Crippen LogP contribution in [0.2, 0.25) is 5.02 Å². The zero-order valence-corrected chi connectivity index (χ0v) is 12.1. The summed E-state index contributed by atoms with van der Waals surface area (Å²) in [6.45, 7) is 0. The Labute approximate surface area is 126 Å². The summed E-state index contributed by atoms with van der Waals surface area (Å²) in [6, 6.07) is 10.2. The Morgan fingerprint density at radius 3 is 2.29 bits per heavy atom. The molecule has 0 unspecified atom stereocenters. The summed E-state index contributed by atoms with van der Waals surface area (Å²) in [5.74, 6) is -1.27. The number of anilines is 2. The van der Waals surface area contributed by atoms with E-state index in [4.69, 9.17) is 16.7 Å². The molecule has 0 saturated heterocycles. The molecule has 2 aromatic carbocycles.